The van der Waals surface area contributed by atoms with Crippen LogP contribution >= 0.6 is 0 Å². The summed E-state index contributed by atoms with van der Waals surface area (Å²) in [5, 5.41) is 6.45. The summed E-state index contributed by atoms with van der Waals surface area (Å²) in [6.45, 7) is 4.04. The van der Waals surface area contributed by atoms with Crippen molar-refractivity contribution >= 4 is 5.91 Å². The van der Waals surface area contributed by atoms with Gasteiger partial charge in [-0.05, 0) is 64.8 Å². The number of carbonyl (C=O) groups excluding carboxylic acids is 1. The first-order valence-corrected chi connectivity index (χ1v) is 6.77. The molecule has 17 heavy (non-hydrogen) atoms. The monoisotopic (exact) mass is 239 g/mol. The third-order valence-corrected chi connectivity index (χ3v) is 4.19. The molecule has 0 aromatic rings. The first-order chi connectivity index (χ1) is 8.14. The van der Waals surface area contributed by atoms with E-state index in [4.69, 9.17) is 0 Å². The zero-order valence-electron chi connectivity index (χ0n) is 11.1. The fraction of sp³-hybridized carbons (Fsp3) is 0.923. The third kappa shape index (κ3) is 3.19. The Morgan fingerprint density at radius 3 is 2.76 bits per heavy atom. The van der Waals surface area contributed by atoms with Crippen LogP contribution in [0.2, 0.25) is 0 Å². The number of rotatable bonds is 5. The zero-order valence-corrected chi connectivity index (χ0v) is 11.1. The van der Waals surface area contributed by atoms with Crippen LogP contribution in [0.15, 0.2) is 0 Å². The van der Waals surface area contributed by atoms with Crippen LogP contribution in [0.3, 0.4) is 0 Å². The van der Waals surface area contributed by atoms with Gasteiger partial charge in [-0.3, -0.25) is 4.79 Å². The van der Waals surface area contributed by atoms with Crippen LogP contribution < -0.4 is 10.6 Å². The molecular formula is C13H25N3O. The molecule has 1 atom stereocenters. The molecule has 4 heteroatoms. The summed E-state index contributed by atoms with van der Waals surface area (Å²) in [6.07, 6.45) is 4.53. The molecule has 1 heterocycles. The Balaban J connectivity index is 1.65. The van der Waals surface area contributed by atoms with E-state index in [9.17, 15) is 4.79 Å². The number of hydrogen-bond acceptors (Lipinski definition) is 3. The lowest BCUT2D eigenvalue weighted by Gasteiger charge is -2.23. The van der Waals surface area contributed by atoms with Crippen LogP contribution in [0.5, 0.6) is 0 Å². The maximum Gasteiger partial charge on any atom is 0.223 e. The number of amides is 1. The first kappa shape index (κ1) is 12.8. The topological polar surface area (TPSA) is 44.4 Å². The maximum atomic E-state index is 12.0. The van der Waals surface area contributed by atoms with Crippen LogP contribution in [-0.2, 0) is 4.79 Å². The van der Waals surface area contributed by atoms with Crippen molar-refractivity contribution in [2.75, 3.05) is 40.3 Å². The lowest BCUT2D eigenvalue weighted by molar-refractivity contribution is -0.123. The maximum absolute atomic E-state index is 12.0. The van der Waals surface area contributed by atoms with Crippen LogP contribution in [0.25, 0.3) is 0 Å². The van der Waals surface area contributed by atoms with E-state index < -0.39 is 0 Å². The fourth-order valence-electron chi connectivity index (χ4n) is 2.93. The van der Waals surface area contributed by atoms with Gasteiger partial charge < -0.3 is 15.5 Å². The number of carbonyl (C=O) groups is 1. The molecule has 98 valence electrons. The molecular weight excluding hydrogens is 214 g/mol. The van der Waals surface area contributed by atoms with Crippen LogP contribution in [0.1, 0.15) is 25.7 Å². The molecule has 1 saturated carbocycles. The van der Waals surface area contributed by atoms with E-state index in [1.165, 1.54) is 12.8 Å². The van der Waals surface area contributed by atoms with E-state index in [1.54, 1.807) is 0 Å². The molecule has 0 aromatic heterocycles. The molecule has 1 amide bonds. The average Bonchev–Trinajstić information content (AvgIpc) is 2.99. The summed E-state index contributed by atoms with van der Waals surface area (Å²) in [5.74, 6) is 0.606. The lowest BCUT2D eigenvalue weighted by atomic mass is 9.92. The molecule has 2 N–H and O–H groups in total. The zero-order chi connectivity index (χ0) is 12.3. The quantitative estimate of drug-likeness (QED) is 0.685. The highest BCUT2D eigenvalue weighted by Gasteiger charge is 2.57. The van der Waals surface area contributed by atoms with E-state index in [1.807, 2.05) is 0 Å². The predicted molar refractivity (Wildman–Crippen MR) is 68.8 cm³/mol. The van der Waals surface area contributed by atoms with Crippen molar-refractivity contribution in [2.45, 2.75) is 25.7 Å². The standard InChI is InChI=1S/C13H25N3O/c1-16(2)9-3-6-15-12(17)11-10-13(11)4-7-14-8-5-13/h11,14H,3-10H2,1-2H3,(H,15,17). The van der Waals surface area contributed by atoms with Crippen LogP contribution in [-0.4, -0.2) is 51.1 Å². The fourth-order valence-corrected chi connectivity index (χ4v) is 2.93. The largest absolute Gasteiger partial charge is 0.356 e. The Morgan fingerprint density at radius 2 is 2.12 bits per heavy atom. The molecule has 1 saturated heterocycles. The van der Waals surface area contributed by atoms with E-state index in [0.29, 0.717) is 17.2 Å². The number of nitrogens with zero attached hydrogens (tertiary/aromatic N) is 1. The summed E-state index contributed by atoms with van der Waals surface area (Å²) < 4.78 is 0. The van der Waals surface area contributed by atoms with Gasteiger partial charge in [-0.25, -0.2) is 0 Å². The van der Waals surface area contributed by atoms with Gasteiger partial charge in [0, 0.05) is 12.5 Å². The van der Waals surface area contributed by atoms with Gasteiger partial charge in [-0.1, -0.05) is 0 Å². The van der Waals surface area contributed by atoms with Gasteiger partial charge in [0.1, 0.15) is 0 Å². The van der Waals surface area contributed by atoms with Gasteiger partial charge in [-0.15, -0.1) is 0 Å². The summed E-state index contributed by atoms with van der Waals surface area (Å²) in [4.78, 5) is 14.1. The second-order valence-electron chi connectivity index (χ2n) is 5.82. The highest BCUT2D eigenvalue weighted by molar-refractivity contribution is 5.82. The molecule has 1 unspecified atom stereocenters. The smallest absolute Gasteiger partial charge is 0.223 e. The summed E-state index contributed by atoms with van der Waals surface area (Å²) >= 11 is 0. The highest BCUT2D eigenvalue weighted by atomic mass is 16.2. The second kappa shape index (κ2) is 5.36. The number of piperidine rings is 1. The van der Waals surface area contributed by atoms with Crippen molar-refractivity contribution in [1.29, 1.82) is 0 Å². The van der Waals surface area contributed by atoms with Gasteiger partial charge in [0.05, 0.1) is 0 Å². The Labute approximate surface area is 104 Å². The molecule has 0 bridgehead atoms. The molecule has 2 rings (SSSR count). The SMILES string of the molecule is CN(C)CCCNC(=O)C1CC12CCNCC2. The minimum absolute atomic E-state index is 0.297. The van der Waals surface area contributed by atoms with Crippen molar-refractivity contribution in [2.24, 2.45) is 11.3 Å². The van der Waals surface area contributed by atoms with Gasteiger partial charge >= 0.3 is 0 Å². The van der Waals surface area contributed by atoms with Crippen molar-refractivity contribution in [3.63, 3.8) is 0 Å². The van der Waals surface area contributed by atoms with Gasteiger partial charge in [0.25, 0.3) is 0 Å². The Morgan fingerprint density at radius 1 is 1.41 bits per heavy atom. The summed E-state index contributed by atoms with van der Waals surface area (Å²) in [5.41, 5.74) is 0.372. The minimum Gasteiger partial charge on any atom is -0.356 e. The Hall–Kier alpha value is -0.610. The third-order valence-electron chi connectivity index (χ3n) is 4.19. The number of hydrogen-bond donors (Lipinski definition) is 2. The predicted octanol–water partition coefficient (Wildman–Crippen LogP) is 0.444. The average molecular weight is 239 g/mol. The Kier molecular flexibility index (Phi) is 4.05. The van der Waals surface area contributed by atoms with E-state index in [0.717, 1.165) is 39.0 Å². The molecule has 4 nitrogen and oxygen atoms in total. The van der Waals surface area contributed by atoms with E-state index >= 15 is 0 Å². The Bertz CT molecular complexity index is 272. The van der Waals surface area contributed by atoms with Gasteiger partial charge in [0.2, 0.25) is 5.91 Å². The minimum atomic E-state index is 0.297. The van der Waals surface area contributed by atoms with Crippen molar-refractivity contribution in [3.05, 3.63) is 0 Å². The summed E-state index contributed by atoms with van der Waals surface area (Å²) in [7, 11) is 4.12. The normalized spacial score (nSPS) is 26.2. The first-order valence-electron chi connectivity index (χ1n) is 6.77. The molecule has 1 aliphatic carbocycles. The molecule has 0 radical (unpaired) electrons. The van der Waals surface area contributed by atoms with Gasteiger partial charge in [-0.2, -0.15) is 0 Å². The van der Waals surface area contributed by atoms with Gasteiger partial charge in [0.15, 0.2) is 0 Å². The lowest BCUT2D eigenvalue weighted by Crippen LogP contribution is -2.34. The molecule has 2 fully saturated rings. The number of nitrogens with one attached hydrogen (secondary N) is 2. The van der Waals surface area contributed by atoms with E-state index in [2.05, 4.69) is 29.6 Å². The molecule has 1 aliphatic heterocycles. The molecule has 0 aromatic carbocycles. The van der Waals surface area contributed by atoms with E-state index in [-0.39, 0.29) is 0 Å². The summed E-state index contributed by atoms with van der Waals surface area (Å²) in [6, 6.07) is 0. The highest BCUT2D eigenvalue weighted by Crippen LogP contribution is 2.58. The second-order valence-corrected chi connectivity index (χ2v) is 5.82. The molecule has 2 aliphatic rings. The molecule has 1 spiro atoms. The van der Waals surface area contributed by atoms with Crippen molar-refractivity contribution < 1.29 is 4.79 Å². The van der Waals surface area contributed by atoms with Crippen molar-refractivity contribution in [1.82, 2.24) is 15.5 Å². The van der Waals surface area contributed by atoms with Crippen molar-refractivity contribution in [3.8, 4) is 0 Å². The van der Waals surface area contributed by atoms with Crippen LogP contribution in [0.4, 0.5) is 0 Å². The van der Waals surface area contributed by atoms with Crippen LogP contribution in [0, 0.1) is 11.3 Å².